The molecular formula is C26H31N3O3. The molecule has 168 valence electrons. The molecule has 0 radical (unpaired) electrons. The van der Waals surface area contributed by atoms with Crippen molar-refractivity contribution >= 4 is 5.78 Å². The highest BCUT2D eigenvalue weighted by molar-refractivity contribution is 5.99. The molecule has 0 bridgehead atoms. The monoisotopic (exact) mass is 433 g/mol. The van der Waals surface area contributed by atoms with Gasteiger partial charge in [0.25, 0.3) is 0 Å². The topological polar surface area (TPSA) is 71.6 Å². The van der Waals surface area contributed by atoms with Crippen molar-refractivity contribution in [2.75, 3.05) is 14.2 Å². The van der Waals surface area contributed by atoms with E-state index in [-0.39, 0.29) is 35.2 Å². The molecule has 4 atom stereocenters. The largest absolute Gasteiger partial charge is 0.497 e. The lowest BCUT2D eigenvalue weighted by Crippen LogP contribution is -2.51. The third kappa shape index (κ3) is 3.57. The van der Waals surface area contributed by atoms with Gasteiger partial charge in [-0.25, -0.2) is 10.9 Å². The molecule has 0 amide bonds. The van der Waals surface area contributed by atoms with Crippen LogP contribution in [0.4, 0.5) is 0 Å². The zero-order valence-electron chi connectivity index (χ0n) is 19.1. The maximum absolute atomic E-state index is 13.5. The summed E-state index contributed by atoms with van der Waals surface area (Å²) < 4.78 is 10.7. The van der Waals surface area contributed by atoms with E-state index in [1.54, 1.807) is 14.2 Å². The summed E-state index contributed by atoms with van der Waals surface area (Å²) in [7, 11) is 3.35. The second-order valence-electron chi connectivity index (χ2n) is 9.82. The van der Waals surface area contributed by atoms with E-state index in [1.807, 2.05) is 24.3 Å². The molecule has 2 aromatic carbocycles. The van der Waals surface area contributed by atoms with Crippen molar-refractivity contribution in [2.24, 2.45) is 11.3 Å². The lowest BCUT2D eigenvalue weighted by molar-refractivity contribution is -0.118. The number of hydrazine groups is 1. The van der Waals surface area contributed by atoms with Crippen molar-refractivity contribution in [2.45, 2.75) is 44.8 Å². The van der Waals surface area contributed by atoms with Crippen LogP contribution >= 0.6 is 0 Å². The first kappa shape index (κ1) is 21.0. The molecule has 4 unspecified atom stereocenters. The number of fused-ring (bicyclic) bond motifs is 1. The van der Waals surface area contributed by atoms with E-state index in [9.17, 15) is 4.79 Å². The van der Waals surface area contributed by atoms with Crippen molar-refractivity contribution in [3.63, 3.8) is 0 Å². The summed E-state index contributed by atoms with van der Waals surface area (Å²) in [5.41, 5.74) is 11.3. The van der Waals surface area contributed by atoms with E-state index in [0.717, 1.165) is 34.8 Å². The van der Waals surface area contributed by atoms with Gasteiger partial charge in [0.05, 0.1) is 26.4 Å². The van der Waals surface area contributed by atoms with Crippen LogP contribution in [0.5, 0.6) is 11.5 Å². The number of ether oxygens (including phenoxy) is 2. The molecule has 5 rings (SSSR count). The molecule has 32 heavy (non-hydrogen) atoms. The lowest BCUT2D eigenvalue weighted by Gasteiger charge is -2.44. The van der Waals surface area contributed by atoms with Gasteiger partial charge in [-0.3, -0.25) is 4.79 Å². The van der Waals surface area contributed by atoms with Crippen LogP contribution in [0.15, 0.2) is 59.8 Å². The Morgan fingerprint density at radius 3 is 2.03 bits per heavy atom. The molecule has 3 N–H and O–H groups in total. The Bertz CT molecular complexity index is 1040. The van der Waals surface area contributed by atoms with Gasteiger partial charge in [0.2, 0.25) is 0 Å². The molecule has 2 aliphatic heterocycles. The molecular weight excluding hydrogens is 402 g/mol. The van der Waals surface area contributed by atoms with Crippen molar-refractivity contribution in [1.82, 2.24) is 16.2 Å². The maximum atomic E-state index is 13.5. The molecule has 1 aliphatic carbocycles. The number of carbonyl (C=O) groups is 1. The van der Waals surface area contributed by atoms with Crippen molar-refractivity contribution in [3.8, 4) is 11.5 Å². The number of nitrogens with one attached hydrogen (secondary N) is 3. The fraction of sp³-hybridized carbons (Fsp3) is 0.423. The summed E-state index contributed by atoms with van der Waals surface area (Å²) in [6.07, 6.45) is 1.47. The molecule has 1 fully saturated rings. The summed E-state index contributed by atoms with van der Waals surface area (Å²) >= 11 is 0. The Morgan fingerprint density at radius 2 is 1.44 bits per heavy atom. The van der Waals surface area contributed by atoms with Crippen LogP contribution in [0.1, 0.15) is 49.8 Å². The highest BCUT2D eigenvalue weighted by Crippen LogP contribution is 2.51. The Hall–Kier alpha value is -2.83. The molecule has 0 aromatic heterocycles. The number of carbonyl (C=O) groups excluding carboxylic acids is 1. The highest BCUT2D eigenvalue weighted by Gasteiger charge is 2.51. The van der Waals surface area contributed by atoms with E-state index in [4.69, 9.17) is 9.47 Å². The second-order valence-corrected chi connectivity index (χ2v) is 9.82. The maximum Gasteiger partial charge on any atom is 0.161 e. The summed E-state index contributed by atoms with van der Waals surface area (Å²) in [5, 5.41) is 3.68. The molecule has 3 aliphatic rings. The number of ketones is 1. The summed E-state index contributed by atoms with van der Waals surface area (Å²) in [6, 6.07) is 16.4. The minimum atomic E-state index is -0.0401. The number of rotatable bonds is 4. The third-order valence-corrected chi connectivity index (χ3v) is 7.06. The van der Waals surface area contributed by atoms with E-state index in [1.165, 1.54) is 5.56 Å². The number of benzene rings is 2. The molecule has 2 heterocycles. The van der Waals surface area contributed by atoms with Gasteiger partial charge in [-0.05, 0) is 47.2 Å². The summed E-state index contributed by atoms with van der Waals surface area (Å²) in [5.74, 6) is 2.02. The first-order valence-corrected chi connectivity index (χ1v) is 11.2. The zero-order chi connectivity index (χ0) is 22.5. The van der Waals surface area contributed by atoms with Crippen LogP contribution in [0.2, 0.25) is 0 Å². The predicted molar refractivity (Wildman–Crippen MR) is 123 cm³/mol. The van der Waals surface area contributed by atoms with Crippen LogP contribution in [-0.2, 0) is 4.79 Å². The van der Waals surface area contributed by atoms with Gasteiger partial charge in [-0.2, -0.15) is 0 Å². The van der Waals surface area contributed by atoms with Crippen LogP contribution in [0.25, 0.3) is 0 Å². The highest BCUT2D eigenvalue weighted by atomic mass is 16.5. The molecule has 0 spiro atoms. The molecule has 2 aromatic rings. The van der Waals surface area contributed by atoms with E-state index < -0.39 is 0 Å². The number of hydrogen-bond acceptors (Lipinski definition) is 6. The number of hydrogen-bond donors (Lipinski definition) is 3. The third-order valence-electron chi connectivity index (χ3n) is 7.06. The smallest absolute Gasteiger partial charge is 0.161 e. The Labute approximate surface area is 189 Å². The molecule has 1 saturated heterocycles. The van der Waals surface area contributed by atoms with Crippen molar-refractivity contribution in [1.29, 1.82) is 0 Å². The minimum Gasteiger partial charge on any atom is -0.497 e. The molecule has 6 nitrogen and oxygen atoms in total. The van der Waals surface area contributed by atoms with Gasteiger partial charge in [0.1, 0.15) is 11.5 Å². The first-order chi connectivity index (χ1) is 15.4. The normalized spacial score (nSPS) is 28.6. The van der Waals surface area contributed by atoms with Gasteiger partial charge in [-0.1, -0.05) is 38.1 Å². The zero-order valence-corrected chi connectivity index (χ0v) is 19.1. The van der Waals surface area contributed by atoms with E-state index in [0.29, 0.717) is 6.42 Å². The lowest BCUT2D eigenvalue weighted by atomic mass is 9.65. The summed E-state index contributed by atoms with van der Waals surface area (Å²) in [4.78, 5) is 13.5. The number of allylic oxidation sites excluding steroid dienone is 2. The van der Waals surface area contributed by atoms with Crippen LogP contribution < -0.4 is 25.6 Å². The van der Waals surface area contributed by atoms with Gasteiger partial charge in [0, 0.05) is 29.5 Å². The molecule has 0 saturated carbocycles. The van der Waals surface area contributed by atoms with Crippen LogP contribution in [0.3, 0.4) is 0 Å². The number of Topliss-reactive ketones (excluding diaryl/α,β-unsaturated/α-hetero) is 1. The Balaban J connectivity index is 1.61. The van der Waals surface area contributed by atoms with Gasteiger partial charge >= 0.3 is 0 Å². The van der Waals surface area contributed by atoms with E-state index >= 15 is 0 Å². The minimum absolute atomic E-state index is 0.0136. The average Bonchev–Trinajstić information content (AvgIpc) is 3.20. The van der Waals surface area contributed by atoms with Gasteiger partial charge in [-0.15, -0.1) is 0 Å². The van der Waals surface area contributed by atoms with Gasteiger partial charge < -0.3 is 14.8 Å². The number of methoxy groups -OCH3 is 2. The second kappa shape index (κ2) is 7.94. The van der Waals surface area contributed by atoms with Crippen molar-refractivity contribution < 1.29 is 14.3 Å². The SMILES string of the molecule is COc1ccc(C2NNC3NC4=C(C(=O)CC(C)(C)C4)C(c4ccc(OC)cc4)C32)cc1. The van der Waals surface area contributed by atoms with Gasteiger partial charge in [0.15, 0.2) is 5.78 Å². The fourth-order valence-corrected chi connectivity index (χ4v) is 5.60. The van der Waals surface area contributed by atoms with Crippen molar-refractivity contribution in [3.05, 3.63) is 70.9 Å². The first-order valence-electron chi connectivity index (χ1n) is 11.2. The quantitative estimate of drug-likeness (QED) is 0.681. The van der Waals surface area contributed by atoms with Crippen LogP contribution in [-0.4, -0.2) is 26.2 Å². The average molecular weight is 434 g/mol. The standard InChI is InChI=1S/C26H31N3O3/c1-26(2)13-19-22(20(30)14-26)21(15-5-9-17(31-3)10-6-15)23-24(28-29-25(23)27-19)16-7-11-18(32-4)12-8-16/h5-12,21,23-25,27-29H,13-14H2,1-4H3. The Morgan fingerprint density at radius 1 is 0.844 bits per heavy atom. The van der Waals surface area contributed by atoms with Crippen LogP contribution in [0, 0.1) is 11.3 Å². The predicted octanol–water partition coefficient (Wildman–Crippen LogP) is 3.83. The molecule has 6 heteroatoms. The Kier molecular flexibility index (Phi) is 5.22. The fourth-order valence-electron chi connectivity index (χ4n) is 5.60. The van der Waals surface area contributed by atoms with E-state index in [2.05, 4.69) is 54.3 Å². The summed E-state index contributed by atoms with van der Waals surface area (Å²) in [6.45, 7) is 4.34.